The highest BCUT2D eigenvalue weighted by atomic mass is 32.2. The lowest BCUT2D eigenvalue weighted by Crippen LogP contribution is -2.23. The third-order valence-corrected chi connectivity index (χ3v) is 5.42. The number of benzene rings is 1. The number of hydrogen-bond acceptors (Lipinski definition) is 3. The van der Waals surface area contributed by atoms with Crippen LogP contribution in [0, 0.1) is 5.92 Å². The van der Waals surface area contributed by atoms with Gasteiger partial charge in [-0.2, -0.15) is 0 Å². The molecule has 2 N–H and O–H groups in total. The first-order valence-electron chi connectivity index (χ1n) is 7.45. The zero-order chi connectivity index (χ0) is 14.4. The minimum absolute atomic E-state index is 0.320. The van der Waals surface area contributed by atoms with Gasteiger partial charge in [0.05, 0.1) is 4.90 Å². The highest BCUT2D eigenvalue weighted by Crippen LogP contribution is 2.27. The van der Waals surface area contributed by atoms with E-state index in [1.165, 1.54) is 32.1 Å². The molecule has 0 atom stereocenters. The SMILES string of the molecule is CCNS(=O)(=O)c1ccc(NCCC2CCCC2)cc1. The summed E-state index contributed by atoms with van der Waals surface area (Å²) >= 11 is 0. The summed E-state index contributed by atoms with van der Waals surface area (Å²) in [5.41, 5.74) is 0.985. The summed E-state index contributed by atoms with van der Waals surface area (Å²) in [4.78, 5) is 0.320. The molecule has 0 heterocycles. The van der Waals surface area contributed by atoms with Crippen molar-refractivity contribution < 1.29 is 8.42 Å². The van der Waals surface area contributed by atoms with Crippen molar-refractivity contribution in [1.29, 1.82) is 0 Å². The van der Waals surface area contributed by atoms with Gasteiger partial charge in [0.25, 0.3) is 0 Å². The maximum atomic E-state index is 11.8. The van der Waals surface area contributed by atoms with Gasteiger partial charge in [-0.05, 0) is 36.6 Å². The zero-order valence-corrected chi connectivity index (χ0v) is 12.9. The summed E-state index contributed by atoms with van der Waals surface area (Å²) in [6.07, 6.45) is 6.68. The number of rotatable bonds is 7. The Kier molecular flexibility index (Phi) is 5.43. The molecule has 1 fully saturated rings. The summed E-state index contributed by atoms with van der Waals surface area (Å²) in [6, 6.07) is 6.96. The minimum Gasteiger partial charge on any atom is -0.385 e. The Hall–Kier alpha value is -1.07. The van der Waals surface area contributed by atoms with Crippen molar-refractivity contribution in [1.82, 2.24) is 4.72 Å². The Bertz CT molecular complexity index is 505. The molecule has 1 aliphatic carbocycles. The lowest BCUT2D eigenvalue weighted by atomic mass is 10.0. The summed E-state index contributed by atoms with van der Waals surface area (Å²) in [6.45, 7) is 3.14. The van der Waals surface area contributed by atoms with Gasteiger partial charge in [-0.15, -0.1) is 0 Å². The predicted molar refractivity (Wildman–Crippen MR) is 82.4 cm³/mol. The van der Waals surface area contributed by atoms with Crippen LogP contribution >= 0.6 is 0 Å². The summed E-state index contributed by atoms with van der Waals surface area (Å²) < 4.78 is 26.1. The molecule has 0 spiro atoms. The van der Waals surface area contributed by atoms with Crippen LogP contribution in [0.4, 0.5) is 5.69 Å². The van der Waals surface area contributed by atoms with Crippen molar-refractivity contribution in [3.63, 3.8) is 0 Å². The van der Waals surface area contributed by atoms with Crippen LogP contribution in [0.2, 0.25) is 0 Å². The van der Waals surface area contributed by atoms with Crippen LogP contribution in [-0.2, 0) is 10.0 Å². The first kappa shape index (κ1) is 15.3. The van der Waals surface area contributed by atoms with Crippen molar-refractivity contribution in [2.75, 3.05) is 18.4 Å². The highest BCUT2D eigenvalue weighted by molar-refractivity contribution is 7.89. The van der Waals surface area contributed by atoms with E-state index in [0.717, 1.165) is 18.2 Å². The van der Waals surface area contributed by atoms with Gasteiger partial charge in [0.15, 0.2) is 0 Å². The zero-order valence-electron chi connectivity index (χ0n) is 12.1. The first-order valence-corrected chi connectivity index (χ1v) is 8.94. The fourth-order valence-corrected chi connectivity index (χ4v) is 3.79. The fraction of sp³-hybridized carbons (Fsp3) is 0.600. The molecule has 112 valence electrons. The van der Waals surface area contributed by atoms with E-state index in [2.05, 4.69) is 10.0 Å². The molecular formula is C15H24N2O2S. The summed E-state index contributed by atoms with van der Waals surface area (Å²) in [5, 5.41) is 3.37. The Balaban J connectivity index is 1.85. The molecule has 1 aromatic rings. The van der Waals surface area contributed by atoms with Gasteiger partial charge in [-0.25, -0.2) is 13.1 Å². The fourth-order valence-electron chi connectivity index (χ4n) is 2.74. The minimum atomic E-state index is -3.34. The molecule has 0 radical (unpaired) electrons. The topological polar surface area (TPSA) is 58.2 Å². The van der Waals surface area contributed by atoms with Crippen LogP contribution in [0.1, 0.15) is 39.0 Å². The molecule has 0 bridgehead atoms. The Morgan fingerprint density at radius 2 is 1.80 bits per heavy atom. The Morgan fingerprint density at radius 3 is 2.40 bits per heavy atom. The molecule has 4 nitrogen and oxygen atoms in total. The summed E-state index contributed by atoms with van der Waals surface area (Å²) in [7, 11) is -3.34. The van der Waals surface area contributed by atoms with Crippen LogP contribution in [0.15, 0.2) is 29.2 Å². The molecule has 1 aliphatic rings. The molecule has 0 amide bonds. The van der Waals surface area contributed by atoms with Crippen molar-refractivity contribution >= 4 is 15.7 Å². The molecule has 1 aromatic carbocycles. The predicted octanol–water partition coefficient (Wildman–Crippen LogP) is 2.98. The first-order chi connectivity index (χ1) is 9.62. The van der Waals surface area contributed by atoms with E-state index in [4.69, 9.17) is 0 Å². The van der Waals surface area contributed by atoms with Crippen LogP contribution in [0.5, 0.6) is 0 Å². The molecule has 0 unspecified atom stereocenters. The third kappa shape index (κ3) is 4.21. The van der Waals surface area contributed by atoms with E-state index in [1.54, 1.807) is 19.1 Å². The van der Waals surface area contributed by atoms with Crippen molar-refractivity contribution in [2.24, 2.45) is 5.92 Å². The molecule has 0 aromatic heterocycles. The van der Waals surface area contributed by atoms with E-state index >= 15 is 0 Å². The number of nitrogens with one attached hydrogen (secondary N) is 2. The molecule has 2 rings (SSSR count). The monoisotopic (exact) mass is 296 g/mol. The van der Waals surface area contributed by atoms with Gasteiger partial charge in [0.1, 0.15) is 0 Å². The number of hydrogen-bond donors (Lipinski definition) is 2. The van der Waals surface area contributed by atoms with Gasteiger partial charge in [-0.1, -0.05) is 32.6 Å². The van der Waals surface area contributed by atoms with Crippen molar-refractivity contribution in [3.05, 3.63) is 24.3 Å². The Morgan fingerprint density at radius 1 is 1.15 bits per heavy atom. The van der Waals surface area contributed by atoms with Crippen LogP contribution in [-0.4, -0.2) is 21.5 Å². The molecule has 0 aliphatic heterocycles. The van der Waals surface area contributed by atoms with E-state index in [0.29, 0.717) is 11.4 Å². The standard InChI is InChI=1S/C15H24N2O2S/c1-2-17-20(18,19)15-9-7-14(8-10-15)16-12-11-13-5-3-4-6-13/h7-10,13,16-17H,2-6,11-12H2,1H3. The molecular weight excluding hydrogens is 272 g/mol. The van der Waals surface area contributed by atoms with Crippen LogP contribution in [0.3, 0.4) is 0 Å². The highest BCUT2D eigenvalue weighted by Gasteiger charge is 2.14. The smallest absolute Gasteiger partial charge is 0.240 e. The average Bonchev–Trinajstić information content (AvgIpc) is 2.92. The van der Waals surface area contributed by atoms with Crippen LogP contribution in [0.25, 0.3) is 0 Å². The van der Waals surface area contributed by atoms with Crippen molar-refractivity contribution in [2.45, 2.75) is 43.9 Å². The third-order valence-electron chi connectivity index (χ3n) is 3.86. The maximum Gasteiger partial charge on any atom is 0.240 e. The van der Waals surface area contributed by atoms with E-state index in [9.17, 15) is 8.42 Å². The van der Waals surface area contributed by atoms with E-state index in [1.807, 2.05) is 12.1 Å². The van der Waals surface area contributed by atoms with Gasteiger partial charge < -0.3 is 5.32 Å². The molecule has 5 heteroatoms. The average molecular weight is 296 g/mol. The number of anilines is 1. The quantitative estimate of drug-likeness (QED) is 0.813. The second-order valence-corrected chi connectivity index (χ2v) is 7.16. The normalized spacial score (nSPS) is 16.4. The number of sulfonamides is 1. The summed E-state index contributed by atoms with van der Waals surface area (Å²) in [5.74, 6) is 0.871. The van der Waals surface area contributed by atoms with Crippen LogP contribution < -0.4 is 10.0 Å². The van der Waals surface area contributed by atoms with Gasteiger partial charge in [0.2, 0.25) is 10.0 Å². The van der Waals surface area contributed by atoms with Gasteiger partial charge >= 0.3 is 0 Å². The van der Waals surface area contributed by atoms with Crippen molar-refractivity contribution in [3.8, 4) is 0 Å². The largest absolute Gasteiger partial charge is 0.385 e. The lowest BCUT2D eigenvalue weighted by Gasteiger charge is -2.11. The molecule has 20 heavy (non-hydrogen) atoms. The molecule has 0 saturated heterocycles. The van der Waals surface area contributed by atoms with E-state index in [-0.39, 0.29) is 0 Å². The maximum absolute atomic E-state index is 11.8. The van der Waals surface area contributed by atoms with Gasteiger partial charge in [-0.3, -0.25) is 0 Å². The van der Waals surface area contributed by atoms with E-state index < -0.39 is 10.0 Å². The lowest BCUT2D eigenvalue weighted by molar-refractivity contribution is 0.518. The Labute approximate surface area is 122 Å². The second kappa shape index (κ2) is 7.09. The molecule has 1 saturated carbocycles. The van der Waals surface area contributed by atoms with Gasteiger partial charge in [0, 0.05) is 18.8 Å². The second-order valence-electron chi connectivity index (χ2n) is 5.39.